The van der Waals surface area contributed by atoms with E-state index in [1.54, 1.807) is 6.07 Å². The fourth-order valence-corrected chi connectivity index (χ4v) is 3.57. The Kier molecular flexibility index (Phi) is 3.89. The van der Waals surface area contributed by atoms with Crippen LogP contribution < -0.4 is 4.74 Å². The fourth-order valence-electron chi connectivity index (χ4n) is 3.57. The first-order valence-corrected chi connectivity index (χ1v) is 8.55. The molecule has 1 fully saturated rings. The lowest BCUT2D eigenvalue weighted by molar-refractivity contribution is 0.0601. The molecule has 1 heterocycles. The molecule has 0 spiro atoms. The van der Waals surface area contributed by atoms with Gasteiger partial charge in [0.15, 0.2) is 0 Å². The summed E-state index contributed by atoms with van der Waals surface area (Å²) in [5, 5.41) is 2.09. The van der Waals surface area contributed by atoms with Crippen molar-refractivity contribution in [3.63, 3.8) is 0 Å². The topological polar surface area (TPSA) is 51.3 Å². The molecule has 4 nitrogen and oxygen atoms in total. The Morgan fingerprint density at radius 2 is 1.71 bits per heavy atom. The van der Waals surface area contributed by atoms with Crippen molar-refractivity contribution < 1.29 is 14.3 Å². The molecule has 0 atom stereocenters. The molecule has 0 saturated heterocycles. The van der Waals surface area contributed by atoms with Crippen molar-refractivity contribution >= 4 is 27.8 Å². The summed E-state index contributed by atoms with van der Waals surface area (Å²) in [5.41, 5.74) is 2.61. The van der Waals surface area contributed by atoms with Crippen LogP contribution in [0, 0.1) is 0 Å². The van der Waals surface area contributed by atoms with E-state index in [9.17, 15) is 4.79 Å². The SMILES string of the molecule is COC(=O)c1ccc2[nH]c3ccc(OC4CCCCC4)cc3c2c1. The normalized spacial score (nSPS) is 15.7. The monoisotopic (exact) mass is 323 g/mol. The van der Waals surface area contributed by atoms with Crippen LogP contribution in [0.4, 0.5) is 0 Å². The van der Waals surface area contributed by atoms with Gasteiger partial charge in [-0.3, -0.25) is 0 Å². The van der Waals surface area contributed by atoms with Crippen LogP contribution in [0.1, 0.15) is 42.5 Å². The maximum Gasteiger partial charge on any atom is 0.337 e. The maximum absolute atomic E-state index is 11.8. The van der Waals surface area contributed by atoms with Crippen molar-refractivity contribution in [3.05, 3.63) is 42.0 Å². The van der Waals surface area contributed by atoms with Gasteiger partial charge in [0.2, 0.25) is 0 Å². The molecule has 1 N–H and O–H groups in total. The lowest BCUT2D eigenvalue weighted by Gasteiger charge is -2.23. The third kappa shape index (κ3) is 2.73. The fraction of sp³-hybridized carbons (Fsp3) is 0.350. The minimum Gasteiger partial charge on any atom is -0.490 e. The smallest absolute Gasteiger partial charge is 0.337 e. The van der Waals surface area contributed by atoms with Crippen LogP contribution in [-0.2, 0) is 4.74 Å². The highest BCUT2D eigenvalue weighted by molar-refractivity contribution is 6.09. The number of H-pyrrole nitrogens is 1. The lowest BCUT2D eigenvalue weighted by Crippen LogP contribution is -2.19. The molecular formula is C20H21NO3. The predicted molar refractivity (Wildman–Crippen MR) is 94.6 cm³/mol. The Balaban J connectivity index is 1.73. The minimum absolute atomic E-state index is 0.319. The Morgan fingerprint density at radius 3 is 2.46 bits per heavy atom. The van der Waals surface area contributed by atoms with Gasteiger partial charge < -0.3 is 14.5 Å². The molecule has 4 rings (SSSR count). The average Bonchev–Trinajstić information content (AvgIpc) is 2.99. The van der Waals surface area contributed by atoms with E-state index in [2.05, 4.69) is 11.1 Å². The van der Waals surface area contributed by atoms with Crippen molar-refractivity contribution in [1.82, 2.24) is 4.98 Å². The lowest BCUT2D eigenvalue weighted by atomic mass is 9.98. The minimum atomic E-state index is -0.319. The second kappa shape index (κ2) is 6.19. The van der Waals surface area contributed by atoms with Gasteiger partial charge in [-0.25, -0.2) is 4.79 Å². The zero-order valence-corrected chi connectivity index (χ0v) is 13.8. The van der Waals surface area contributed by atoms with E-state index < -0.39 is 0 Å². The molecule has 0 amide bonds. The average molecular weight is 323 g/mol. The van der Waals surface area contributed by atoms with Crippen molar-refractivity contribution in [2.75, 3.05) is 7.11 Å². The van der Waals surface area contributed by atoms with Gasteiger partial charge in [-0.1, -0.05) is 6.42 Å². The van der Waals surface area contributed by atoms with Crippen molar-refractivity contribution in [2.45, 2.75) is 38.2 Å². The van der Waals surface area contributed by atoms with Crippen LogP contribution >= 0.6 is 0 Å². The number of fused-ring (bicyclic) bond motifs is 3. The third-order valence-electron chi connectivity index (χ3n) is 4.85. The van der Waals surface area contributed by atoms with E-state index in [1.807, 2.05) is 24.3 Å². The van der Waals surface area contributed by atoms with Gasteiger partial charge in [-0.05, 0) is 62.1 Å². The Bertz CT molecular complexity index is 890. The zero-order chi connectivity index (χ0) is 16.5. The highest BCUT2D eigenvalue weighted by atomic mass is 16.5. The van der Waals surface area contributed by atoms with Gasteiger partial charge in [0.05, 0.1) is 18.8 Å². The summed E-state index contributed by atoms with van der Waals surface area (Å²) in [6.07, 6.45) is 6.42. The molecule has 0 radical (unpaired) electrons. The summed E-state index contributed by atoms with van der Waals surface area (Å²) in [7, 11) is 1.40. The molecule has 0 bridgehead atoms. The molecule has 3 aromatic rings. The first-order chi connectivity index (χ1) is 11.7. The maximum atomic E-state index is 11.8. The molecule has 1 saturated carbocycles. The van der Waals surface area contributed by atoms with E-state index in [0.29, 0.717) is 11.7 Å². The predicted octanol–water partition coefficient (Wildman–Crippen LogP) is 4.82. The quantitative estimate of drug-likeness (QED) is 0.703. The van der Waals surface area contributed by atoms with Crippen molar-refractivity contribution in [1.29, 1.82) is 0 Å². The highest BCUT2D eigenvalue weighted by Crippen LogP contribution is 2.31. The van der Waals surface area contributed by atoms with Gasteiger partial charge in [0.25, 0.3) is 0 Å². The van der Waals surface area contributed by atoms with E-state index in [4.69, 9.17) is 9.47 Å². The second-order valence-corrected chi connectivity index (χ2v) is 6.46. The number of aromatic nitrogens is 1. The van der Waals surface area contributed by atoms with Crippen molar-refractivity contribution in [3.8, 4) is 5.75 Å². The van der Waals surface area contributed by atoms with Gasteiger partial charge in [0, 0.05) is 21.8 Å². The number of hydrogen-bond donors (Lipinski definition) is 1. The second-order valence-electron chi connectivity index (χ2n) is 6.46. The summed E-state index contributed by atoms with van der Waals surface area (Å²) in [4.78, 5) is 15.2. The summed E-state index contributed by atoms with van der Waals surface area (Å²) >= 11 is 0. The van der Waals surface area contributed by atoms with Crippen molar-refractivity contribution in [2.24, 2.45) is 0 Å². The first kappa shape index (κ1) is 15.1. The molecule has 1 aromatic heterocycles. The molecule has 0 aliphatic heterocycles. The van der Waals surface area contributed by atoms with Gasteiger partial charge in [-0.15, -0.1) is 0 Å². The number of esters is 1. The molecule has 0 unspecified atom stereocenters. The van der Waals surface area contributed by atoms with E-state index >= 15 is 0 Å². The zero-order valence-electron chi connectivity index (χ0n) is 13.8. The number of benzene rings is 2. The first-order valence-electron chi connectivity index (χ1n) is 8.55. The van der Waals surface area contributed by atoms with Crippen LogP contribution in [0.15, 0.2) is 36.4 Å². The van der Waals surface area contributed by atoms with E-state index in [1.165, 1.54) is 26.4 Å². The number of carbonyl (C=O) groups excluding carboxylic acids is 1. The summed E-state index contributed by atoms with van der Waals surface area (Å²) in [6.45, 7) is 0. The molecule has 1 aliphatic rings. The van der Waals surface area contributed by atoms with Gasteiger partial charge >= 0.3 is 5.97 Å². The molecule has 124 valence electrons. The van der Waals surface area contributed by atoms with E-state index in [-0.39, 0.29) is 5.97 Å². The van der Waals surface area contributed by atoms with Crippen LogP contribution in [0.2, 0.25) is 0 Å². The number of carbonyl (C=O) groups is 1. The molecular weight excluding hydrogens is 302 g/mol. The van der Waals surface area contributed by atoms with Crippen LogP contribution in [-0.4, -0.2) is 24.2 Å². The van der Waals surface area contributed by atoms with Crippen LogP contribution in [0.3, 0.4) is 0 Å². The number of ether oxygens (including phenoxy) is 2. The van der Waals surface area contributed by atoms with Crippen LogP contribution in [0.25, 0.3) is 21.8 Å². The number of nitrogens with one attached hydrogen (secondary N) is 1. The highest BCUT2D eigenvalue weighted by Gasteiger charge is 2.16. The molecule has 4 heteroatoms. The summed E-state index contributed by atoms with van der Waals surface area (Å²) in [5.74, 6) is 0.583. The Hall–Kier alpha value is -2.49. The summed E-state index contributed by atoms with van der Waals surface area (Å²) in [6, 6.07) is 11.7. The molecule has 1 aliphatic carbocycles. The number of aromatic amines is 1. The molecule has 2 aromatic carbocycles. The number of rotatable bonds is 3. The standard InChI is InChI=1S/C20H21NO3/c1-23-20(22)13-7-9-18-16(11-13)17-12-15(8-10-19(17)21-18)24-14-5-3-2-4-6-14/h7-12,14,21H,2-6H2,1H3. The number of hydrogen-bond acceptors (Lipinski definition) is 3. The van der Waals surface area contributed by atoms with Gasteiger partial charge in [0.1, 0.15) is 5.75 Å². The Morgan fingerprint density at radius 1 is 1.00 bits per heavy atom. The summed E-state index contributed by atoms with van der Waals surface area (Å²) < 4.78 is 11.0. The molecule has 24 heavy (non-hydrogen) atoms. The number of methoxy groups -OCH3 is 1. The van der Waals surface area contributed by atoms with Gasteiger partial charge in [-0.2, -0.15) is 0 Å². The Labute approximate surface area is 140 Å². The largest absolute Gasteiger partial charge is 0.490 e. The van der Waals surface area contributed by atoms with Crippen LogP contribution in [0.5, 0.6) is 5.75 Å². The third-order valence-corrected chi connectivity index (χ3v) is 4.85. The van der Waals surface area contributed by atoms with E-state index in [0.717, 1.165) is 40.4 Å².